The van der Waals surface area contributed by atoms with E-state index in [-0.39, 0.29) is 6.04 Å². The molecule has 118 valence electrons. The predicted molar refractivity (Wildman–Crippen MR) is 82.1 cm³/mol. The summed E-state index contributed by atoms with van der Waals surface area (Å²) in [5.41, 5.74) is 7.65. The van der Waals surface area contributed by atoms with Crippen molar-refractivity contribution in [2.45, 2.75) is 58.1 Å². The van der Waals surface area contributed by atoms with Crippen LogP contribution in [0.25, 0.3) is 0 Å². The van der Waals surface area contributed by atoms with Crippen LogP contribution in [-0.4, -0.2) is 35.8 Å². The van der Waals surface area contributed by atoms with E-state index in [4.69, 9.17) is 20.2 Å². The van der Waals surface area contributed by atoms with Gasteiger partial charge in [-0.1, -0.05) is 6.92 Å². The highest BCUT2D eigenvalue weighted by molar-refractivity contribution is 5.16. The Bertz CT molecular complexity index is 453. The van der Waals surface area contributed by atoms with Crippen molar-refractivity contribution < 1.29 is 9.47 Å². The lowest BCUT2D eigenvalue weighted by molar-refractivity contribution is -0.118. The van der Waals surface area contributed by atoms with E-state index in [1.807, 2.05) is 19.9 Å². The SMILES string of the molecule is CCOC1(c2nc(C)cc(CC(N)CC)n2)CCOCC1. The molecule has 0 aromatic carbocycles. The van der Waals surface area contributed by atoms with Gasteiger partial charge < -0.3 is 15.2 Å². The molecule has 1 atom stereocenters. The van der Waals surface area contributed by atoms with Crippen LogP contribution < -0.4 is 5.73 Å². The van der Waals surface area contributed by atoms with Crippen LogP contribution >= 0.6 is 0 Å². The van der Waals surface area contributed by atoms with Gasteiger partial charge >= 0.3 is 0 Å². The summed E-state index contributed by atoms with van der Waals surface area (Å²) in [6.07, 6.45) is 3.35. The van der Waals surface area contributed by atoms with E-state index in [2.05, 4.69) is 11.9 Å². The van der Waals surface area contributed by atoms with Crippen LogP contribution in [0.5, 0.6) is 0 Å². The molecule has 0 spiro atoms. The van der Waals surface area contributed by atoms with Gasteiger partial charge in [-0.3, -0.25) is 0 Å². The van der Waals surface area contributed by atoms with E-state index in [0.717, 1.165) is 42.9 Å². The van der Waals surface area contributed by atoms with Crippen molar-refractivity contribution in [2.24, 2.45) is 5.73 Å². The number of rotatable bonds is 6. The molecule has 5 nitrogen and oxygen atoms in total. The molecule has 0 radical (unpaired) electrons. The Balaban J connectivity index is 2.31. The Morgan fingerprint density at radius 3 is 2.67 bits per heavy atom. The molecular weight excluding hydrogens is 266 g/mol. The third kappa shape index (κ3) is 3.99. The smallest absolute Gasteiger partial charge is 0.160 e. The number of hydrogen-bond donors (Lipinski definition) is 1. The third-order valence-corrected chi connectivity index (χ3v) is 4.03. The number of aryl methyl sites for hydroxylation is 1. The first-order valence-electron chi connectivity index (χ1n) is 7.92. The number of aromatic nitrogens is 2. The van der Waals surface area contributed by atoms with Crippen LogP contribution in [0.2, 0.25) is 0 Å². The van der Waals surface area contributed by atoms with Crippen molar-refractivity contribution >= 4 is 0 Å². The minimum absolute atomic E-state index is 0.143. The lowest BCUT2D eigenvalue weighted by Gasteiger charge is -2.35. The summed E-state index contributed by atoms with van der Waals surface area (Å²) >= 11 is 0. The minimum Gasteiger partial charge on any atom is -0.381 e. The van der Waals surface area contributed by atoms with Crippen LogP contribution in [0.3, 0.4) is 0 Å². The maximum absolute atomic E-state index is 6.06. The zero-order chi connectivity index (χ0) is 15.3. The van der Waals surface area contributed by atoms with Crippen LogP contribution in [0.4, 0.5) is 0 Å². The zero-order valence-corrected chi connectivity index (χ0v) is 13.4. The molecule has 1 saturated heterocycles. The molecule has 0 amide bonds. The largest absolute Gasteiger partial charge is 0.381 e. The lowest BCUT2D eigenvalue weighted by Crippen LogP contribution is -2.39. The van der Waals surface area contributed by atoms with Crippen molar-refractivity contribution in [1.29, 1.82) is 0 Å². The molecule has 2 rings (SSSR count). The van der Waals surface area contributed by atoms with Crippen LogP contribution in [-0.2, 0) is 21.5 Å². The first kappa shape index (κ1) is 16.3. The maximum Gasteiger partial charge on any atom is 0.160 e. The Hall–Kier alpha value is -1.04. The van der Waals surface area contributed by atoms with Gasteiger partial charge in [-0.2, -0.15) is 0 Å². The van der Waals surface area contributed by atoms with E-state index in [9.17, 15) is 0 Å². The molecule has 1 aromatic heterocycles. The molecule has 0 aliphatic carbocycles. The molecule has 0 saturated carbocycles. The number of nitrogens with zero attached hydrogens (tertiary/aromatic N) is 2. The first-order chi connectivity index (χ1) is 10.1. The van der Waals surface area contributed by atoms with E-state index < -0.39 is 5.60 Å². The second-order valence-corrected chi connectivity index (χ2v) is 5.74. The molecule has 2 N–H and O–H groups in total. The van der Waals surface area contributed by atoms with Crippen molar-refractivity contribution in [1.82, 2.24) is 9.97 Å². The minimum atomic E-state index is -0.399. The van der Waals surface area contributed by atoms with Crippen molar-refractivity contribution in [3.63, 3.8) is 0 Å². The van der Waals surface area contributed by atoms with Gasteiger partial charge in [0.2, 0.25) is 0 Å². The molecule has 21 heavy (non-hydrogen) atoms. The maximum atomic E-state index is 6.06. The monoisotopic (exact) mass is 293 g/mol. The Morgan fingerprint density at radius 2 is 2.05 bits per heavy atom. The van der Waals surface area contributed by atoms with Gasteiger partial charge in [-0.15, -0.1) is 0 Å². The van der Waals surface area contributed by atoms with Crippen molar-refractivity contribution in [3.8, 4) is 0 Å². The summed E-state index contributed by atoms with van der Waals surface area (Å²) in [6.45, 7) is 8.16. The Morgan fingerprint density at radius 1 is 1.33 bits per heavy atom. The van der Waals surface area contributed by atoms with Gasteiger partial charge in [0.1, 0.15) is 5.60 Å². The van der Waals surface area contributed by atoms with E-state index >= 15 is 0 Å². The van der Waals surface area contributed by atoms with Crippen molar-refractivity contribution in [3.05, 3.63) is 23.3 Å². The number of ether oxygens (including phenoxy) is 2. The summed E-state index contributed by atoms with van der Waals surface area (Å²) in [5, 5.41) is 0. The van der Waals surface area contributed by atoms with Crippen LogP contribution in [0.15, 0.2) is 6.07 Å². The van der Waals surface area contributed by atoms with E-state index in [1.165, 1.54) is 0 Å². The number of nitrogens with two attached hydrogens (primary N) is 1. The van der Waals surface area contributed by atoms with Gasteiger partial charge in [0, 0.05) is 56.5 Å². The summed E-state index contributed by atoms with van der Waals surface area (Å²) in [5.74, 6) is 0.797. The average Bonchev–Trinajstić information content (AvgIpc) is 2.48. The molecule has 1 fully saturated rings. The van der Waals surface area contributed by atoms with E-state index in [1.54, 1.807) is 0 Å². The molecule has 1 aliphatic rings. The summed E-state index contributed by atoms with van der Waals surface area (Å²) < 4.78 is 11.5. The fraction of sp³-hybridized carbons (Fsp3) is 0.750. The van der Waals surface area contributed by atoms with Gasteiger partial charge in [-0.05, 0) is 26.3 Å². The molecular formula is C16H27N3O2. The highest BCUT2D eigenvalue weighted by Gasteiger charge is 2.38. The topological polar surface area (TPSA) is 70.3 Å². The van der Waals surface area contributed by atoms with Gasteiger partial charge in [0.15, 0.2) is 5.82 Å². The summed E-state index contributed by atoms with van der Waals surface area (Å²) in [7, 11) is 0. The molecule has 1 aromatic rings. The Kier molecular flexibility index (Phi) is 5.67. The van der Waals surface area contributed by atoms with Crippen molar-refractivity contribution in [2.75, 3.05) is 19.8 Å². The summed E-state index contributed by atoms with van der Waals surface area (Å²) in [4.78, 5) is 9.41. The second kappa shape index (κ2) is 7.29. The van der Waals surface area contributed by atoms with Gasteiger partial charge in [0.05, 0.1) is 0 Å². The molecule has 5 heteroatoms. The molecule has 1 unspecified atom stereocenters. The summed E-state index contributed by atoms with van der Waals surface area (Å²) in [6, 6.07) is 2.17. The third-order valence-electron chi connectivity index (χ3n) is 4.03. The highest BCUT2D eigenvalue weighted by atomic mass is 16.5. The fourth-order valence-corrected chi connectivity index (χ4v) is 2.76. The molecule has 2 heterocycles. The first-order valence-corrected chi connectivity index (χ1v) is 7.92. The van der Waals surface area contributed by atoms with E-state index in [0.29, 0.717) is 19.8 Å². The van der Waals surface area contributed by atoms with Gasteiger partial charge in [-0.25, -0.2) is 9.97 Å². The molecule has 1 aliphatic heterocycles. The van der Waals surface area contributed by atoms with Crippen LogP contribution in [0.1, 0.15) is 50.3 Å². The Labute approximate surface area is 127 Å². The second-order valence-electron chi connectivity index (χ2n) is 5.74. The fourth-order valence-electron chi connectivity index (χ4n) is 2.76. The normalized spacial score (nSPS) is 19.4. The molecule has 0 bridgehead atoms. The predicted octanol–water partition coefficient (Wildman–Crippen LogP) is 2.11. The highest BCUT2D eigenvalue weighted by Crippen LogP contribution is 2.34. The lowest BCUT2D eigenvalue weighted by atomic mass is 9.92. The number of hydrogen-bond acceptors (Lipinski definition) is 5. The quantitative estimate of drug-likeness (QED) is 0.870. The van der Waals surface area contributed by atoms with Gasteiger partial charge in [0.25, 0.3) is 0 Å². The zero-order valence-electron chi connectivity index (χ0n) is 13.4. The standard InChI is InChI=1S/C16H27N3O2/c1-4-13(17)11-14-10-12(3)18-15(19-14)16(21-5-2)6-8-20-9-7-16/h10,13H,4-9,11,17H2,1-3H3. The van der Waals surface area contributed by atoms with Crippen LogP contribution in [0, 0.1) is 6.92 Å². The average molecular weight is 293 g/mol.